The molecular weight excluding hydrogens is 465 g/mol. The average Bonchev–Trinajstić information content (AvgIpc) is 2.97. The Balaban J connectivity index is 1.52. The van der Waals surface area contributed by atoms with Gasteiger partial charge in [-0.15, -0.1) is 0 Å². The molecule has 1 fully saturated rings. The number of nitrogens with zero attached hydrogens (tertiary/aromatic N) is 1. The van der Waals surface area contributed by atoms with Gasteiger partial charge in [0.05, 0.1) is 0 Å². The maximum Gasteiger partial charge on any atom is 0.349 e. The largest absolute Gasteiger partial charge is 0.349 e. The number of rotatable bonds is 5. The van der Waals surface area contributed by atoms with Crippen LogP contribution in [-0.2, 0) is 32.2 Å². The molecule has 2 aromatic rings. The zero-order valence-corrected chi connectivity index (χ0v) is 19.2. The number of halogens is 3. The van der Waals surface area contributed by atoms with Crippen molar-refractivity contribution in [2.45, 2.75) is 36.7 Å². The molecule has 4 rings (SSSR count). The van der Waals surface area contributed by atoms with Crippen molar-refractivity contribution in [3.63, 3.8) is 0 Å². The summed E-state index contributed by atoms with van der Waals surface area (Å²) < 4.78 is 29.1. The van der Waals surface area contributed by atoms with E-state index in [0.29, 0.717) is 16.7 Å². The van der Waals surface area contributed by atoms with Crippen molar-refractivity contribution in [2.24, 2.45) is 0 Å². The molecule has 2 aromatic carbocycles. The van der Waals surface area contributed by atoms with E-state index in [2.05, 4.69) is 10.6 Å². The van der Waals surface area contributed by atoms with Crippen LogP contribution in [0.3, 0.4) is 0 Å². The number of hydrogen-bond acceptors (Lipinski definition) is 4. The topological polar surface area (TPSA) is 95.6 Å². The third-order valence-electron chi connectivity index (χ3n) is 6.26. The van der Waals surface area contributed by atoms with Crippen molar-refractivity contribution >= 4 is 50.9 Å². The van der Waals surface area contributed by atoms with E-state index in [-0.39, 0.29) is 36.2 Å². The fourth-order valence-corrected chi connectivity index (χ4v) is 4.58. The van der Waals surface area contributed by atoms with Gasteiger partial charge in [0.25, 0.3) is 11.8 Å². The number of benzene rings is 2. The first-order chi connectivity index (χ1) is 15.9. The molecule has 0 saturated carbocycles. The van der Waals surface area contributed by atoms with Gasteiger partial charge in [-0.2, -0.15) is 8.78 Å². The molecule has 0 bridgehead atoms. The van der Waals surface area contributed by atoms with Gasteiger partial charge in [-0.25, -0.2) is 0 Å². The summed E-state index contributed by atoms with van der Waals surface area (Å²) in [6.45, 7) is -0.183. The zero-order chi connectivity index (χ0) is 24.8. The predicted octanol–water partition coefficient (Wildman–Crippen LogP) is 0.386. The summed E-state index contributed by atoms with van der Waals surface area (Å²) in [5.74, 6) is -6.46. The third kappa shape index (κ3) is 4.09. The van der Waals surface area contributed by atoms with Crippen LogP contribution in [0.15, 0.2) is 42.5 Å². The van der Waals surface area contributed by atoms with E-state index in [1.165, 1.54) is 17.0 Å². The molecule has 34 heavy (non-hydrogen) atoms. The summed E-state index contributed by atoms with van der Waals surface area (Å²) in [5, 5.41) is 3.91. The second kappa shape index (κ2) is 8.54. The monoisotopic (exact) mass is 485 g/mol. The zero-order valence-electron chi connectivity index (χ0n) is 18.5. The van der Waals surface area contributed by atoms with Crippen LogP contribution in [0.1, 0.15) is 39.9 Å². The van der Waals surface area contributed by atoms with Gasteiger partial charge in [0.2, 0.25) is 11.8 Å². The normalized spacial score (nSPS) is 19.6. The highest BCUT2D eigenvalue weighted by Crippen LogP contribution is 2.38. The smallest absolute Gasteiger partial charge is 0.346 e. The molecule has 2 heterocycles. The van der Waals surface area contributed by atoms with Crippen LogP contribution in [0.2, 0.25) is 5.02 Å². The van der Waals surface area contributed by atoms with E-state index in [9.17, 15) is 28.0 Å². The Bertz CT molecular complexity index is 1210. The molecule has 4 amide bonds. The van der Waals surface area contributed by atoms with Crippen LogP contribution in [0.5, 0.6) is 0 Å². The highest BCUT2D eigenvalue weighted by molar-refractivity contribution is 6.43. The molecule has 1 atom stereocenters. The standard InChI is InChI=1S/C22H20B2ClF2N3O4/c23-22(24)15-9-11(10-28-20(34)21(26,27)12-2-4-13(25)5-3-12)1-6-14(15)19(33)30(22)16-7-8-17(31)29-18(16)32/h1-6,9,16H,7-8,10,23-24H2,(H,28,34)(H,29,31,32). The fraction of sp³-hybridized carbons (Fsp3) is 0.273. The lowest BCUT2D eigenvalue weighted by Gasteiger charge is -2.40. The molecule has 174 valence electrons. The highest BCUT2D eigenvalue weighted by Gasteiger charge is 2.49. The number of piperidine rings is 1. The first kappa shape index (κ1) is 23.9. The maximum absolute atomic E-state index is 14.5. The molecule has 2 N–H and O–H groups in total. The van der Waals surface area contributed by atoms with E-state index in [0.717, 1.165) is 12.1 Å². The summed E-state index contributed by atoms with van der Waals surface area (Å²) in [4.78, 5) is 50.7. The molecule has 2 aliphatic heterocycles. The summed E-state index contributed by atoms with van der Waals surface area (Å²) in [6.07, 6.45) is 0.349. The van der Waals surface area contributed by atoms with Crippen LogP contribution in [0, 0.1) is 0 Å². The first-order valence-corrected chi connectivity index (χ1v) is 11.0. The molecule has 1 saturated heterocycles. The Morgan fingerprint density at radius 1 is 1.18 bits per heavy atom. The molecule has 0 aromatic heterocycles. The van der Waals surface area contributed by atoms with Gasteiger partial charge >= 0.3 is 5.92 Å². The van der Waals surface area contributed by atoms with Crippen molar-refractivity contribution in [1.82, 2.24) is 15.5 Å². The van der Waals surface area contributed by atoms with Gasteiger partial charge in [-0.05, 0) is 35.7 Å². The van der Waals surface area contributed by atoms with Crippen LogP contribution in [0.25, 0.3) is 0 Å². The third-order valence-corrected chi connectivity index (χ3v) is 6.51. The molecule has 0 radical (unpaired) electrons. The number of hydrogen-bond donors (Lipinski definition) is 2. The number of alkyl halides is 2. The predicted molar refractivity (Wildman–Crippen MR) is 125 cm³/mol. The fourth-order valence-electron chi connectivity index (χ4n) is 4.45. The van der Waals surface area contributed by atoms with E-state index in [1.54, 1.807) is 33.9 Å². The quantitative estimate of drug-likeness (QED) is 0.473. The van der Waals surface area contributed by atoms with Crippen LogP contribution >= 0.6 is 11.6 Å². The molecule has 12 heteroatoms. The second-order valence-electron chi connectivity index (χ2n) is 8.84. The number of carbonyl (C=O) groups excluding carboxylic acids is 4. The highest BCUT2D eigenvalue weighted by atomic mass is 35.5. The lowest BCUT2D eigenvalue weighted by Crippen LogP contribution is -2.59. The lowest BCUT2D eigenvalue weighted by atomic mass is 9.57. The van der Waals surface area contributed by atoms with Crippen molar-refractivity contribution < 1.29 is 28.0 Å². The van der Waals surface area contributed by atoms with Crippen molar-refractivity contribution in [3.8, 4) is 0 Å². The minimum Gasteiger partial charge on any atom is -0.346 e. The molecule has 7 nitrogen and oxygen atoms in total. The molecular formula is C22H20B2ClF2N3O4. The molecule has 0 spiro atoms. The van der Waals surface area contributed by atoms with Gasteiger partial charge < -0.3 is 10.2 Å². The Morgan fingerprint density at radius 2 is 1.85 bits per heavy atom. The van der Waals surface area contributed by atoms with E-state index < -0.39 is 34.7 Å². The van der Waals surface area contributed by atoms with Gasteiger partial charge in [-0.3, -0.25) is 24.5 Å². The Kier molecular flexibility index (Phi) is 6.01. The summed E-state index contributed by atoms with van der Waals surface area (Å²) >= 11 is 5.73. The molecule has 0 aliphatic carbocycles. The lowest BCUT2D eigenvalue weighted by molar-refractivity contribution is -0.147. The van der Waals surface area contributed by atoms with Gasteiger partial charge in [0, 0.05) is 34.5 Å². The van der Waals surface area contributed by atoms with Crippen molar-refractivity contribution in [2.75, 3.05) is 0 Å². The van der Waals surface area contributed by atoms with Crippen LogP contribution in [-0.4, -0.2) is 50.3 Å². The number of amides is 4. The van der Waals surface area contributed by atoms with Gasteiger partial charge in [-0.1, -0.05) is 35.9 Å². The Labute approximate surface area is 201 Å². The first-order valence-electron chi connectivity index (χ1n) is 10.7. The molecule has 2 aliphatic rings. The van der Waals surface area contributed by atoms with Crippen molar-refractivity contribution in [3.05, 3.63) is 69.7 Å². The number of nitrogens with one attached hydrogen (secondary N) is 2. The SMILES string of the molecule is BC1(B)c2cc(CNC(=O)C(F)(F)c3ccc(Cl)cc3)ccc2C(=O)N1C1CCC(=O)NC1=O. The Morgan fingerprint density at radius 3 is 2.50 bits per heavy atom. The summed E-state index contributed by atoms with van der Waals surface area (Å²) in [7, 11) is 3.55. The maximum atomic E-state index is 14.5. The van der Waals surface area contributed by atoms with Crippen LogP contribution < -0.4 is 10.6 Å². The summed E-state index contributed by atoms with van der Waals surface area (Å²) in [6, 6.07) is 8.75. The second-order valence-corrected chi connectivity index (χ2v) is 9.28. The molecule has 1 unspecified atom stereocenters. The minimum atomic E-state index is -3.75. The number of imide groups is 1. The average molecular weight is 485 g/mol. The van der Waals surface area contributed by atoms with Gasteiger partial charge in [0.15, 0.2) is 0 Å². The van der Waals surface area contributed by atoms with Crippen LogP contribution in [0.4, 0.5) is 8.78 Å². The van der Waals surface area contributed by atoms with Crippen molar-refractivity contribution in [1.29, 1.82) is 0 Å². The number of carbonyl (C=O) groups is 4. The number of fused-ring (bicyclic) bond motifs is 1. The minimum absolute atomic E-state index is 0.131. The Hall–Kier alpha value is -3.20. The van der Waals surface area contributed by atoms with E-state index in [4.69, 9.17) is 11.6 Å². The van der Waals surface area contributed by atoms with Gasteiger partial charge in [0.1, 0.15) is 21.7 Å². The van der Waals surface area contributed by atoms with E-state index >= 15 is 0 Å². The summed E-state index contributed by atoms with van der Waals surface area (Å²) in [5.41, 5.74) is 1.04. The van der Waals surface area contributed by atoms with E-state index in [1.807, 2.05) is 0 Å².